The summed E-state index contributed by atoms with van der Waals surface area (Å²) in [5.74, 6) is 0.0446. The second kappa shape index (κ2) is 6.94. The number of fused-ring (bicyclic) bond motifs is 2. The first-order valence-electron chi connectivity index (χ1n) is 9.35. The Morgan fingerprint density at radius 1 is 1.00 bits per heavy atom. The van der Waals surface area contributed by atoms with Crippen molar-refractivity contribution in [2.24, 2.45) is 0 Å². The minimum atomic E-state index is -0.172. The molecule has 1 aliphatic heterocycles. The molecule has 0 radical (unpaired) electrons. The van der Waals surface area contributed by atoms with Crippen LogP contribution in [0.25, 0.3) is 0 Å². The van der Waals surface area contributed by atoms with Crippen molar-refractivity contribution in [3.63, 3.8) is 0 Å². The molecule has 0 aromatic heterocycles. The number of aryl methyl sites for hydroxylation is 1. The maximum absolute atomic E-state index is 12.8. The molecule has 1 N–H and O–H groups in total. The van der Waals surface area contributed by atoms with E-state index in [0.717, 1.165) is 24.8 Å². The quantitative estimate of drug-likeness (QED) is 0.925. The lowest BCUT2D eigenvalue weighted by molar-refractivity contribution is -0.133. The van der Waals surface area contributed by atoms with Crippen LogP contribution in [0, 0.1) is 0 Å². The number of amides is 2. The third kappa shape index (κ3) is 3.12. The van der Waals surface area contributed by atoms with Crippen LogP contribution in [0.4, 0.5) is 0 Å². The zero-order valence-corrected chi connectivity index (χ0v) is 15.1. The molecule has 0 unspecified atom stereocenters. The van der Waals surface area contributed by atoms with Gasteiger partial charge in [0.15, 0.2) is 0 Å². The van der Waals surface area contributed by atoms with E-state index in [1.54, 1.807) is 6.92 Å². The number of carbonyl (C=O) groups excluding carboxylic acids is 2. The highest BCUT2D eigenvalue weighted by molar-refractivity contribution is 5.80. The van der Waals surface area contributed by atoms with E-state index < -0.39 is 0 Å². The molecule has 1 heterocycles. The summed E-state index contributed by atoms with van der Waals surface area (Å²) in [6, 6.07) is 16.4. The second-order valence-electron chi connectivity index (χ2n) is 7.24. The second-order valence-corrected chi connectivity index (χ2v) is 7.24. The zero-order chi connectivity index (χ0) is 18.1. The van der Waals surface area contributed by atoms with Gasteiger partial charge in [0.05, 0.1) is 18.5 Å². The van der Waals surface area contributed by atoms with Crippen molar-refractivity contribution in [2.75, 3.05) is 6.54 Å². The van der Waals surface area contributed by atoms with E-state index in [0.29, 0.717) is 13.0 Å². The first kappa shape index (κ1) is 16.8. The lowest BCUT2D eigenvalue weighted by atomic mass is 9.90. The number of hydrogen-bond donors (Lipinski definition) is 1. The lowest BCUT2D eigenvalue weighted by Gasteiger charge is -2.36. The van der Waals surface area contributed by atoms with Gasteiger partial charge in [-0.2, -0.15) is 0 Å². The molecule has 2 amide bonds. The van der Waals surface area contributed by atoms with Gasteiger partial charge in [-0.05, 0) is 41.5 Å². The Bertz CT molecular complexity index is 846. The predicted molar refractivity (Wildman–Crippen MR) is 101 cm³/mol. The van der Waals surface area contributed by atoms with Crippen LogP contribution in [0.3, 0.4) is 0 Å². The first-order valence-corrected chi connectivity index (χ1v) is 9.35. The van der Waals surface area contributed by atoms with Crippen molar-refractivity contribution in [3.05, 3.63) is 70.8 Å². The average molecular weight is 348 g/mol. The molecule has 0 saturated carbocycles. The third-order valence-electron chi connectivity index (χ3n) is 5.66. The van der Waals surface area contributed by atoms with E-state index >= 15 is 0 Å². The maximum Gasteiger partial charge on any atom is 0.222 e. The van der Waals surface area contributed by atoms with Gasteiger partial charge in [0, 0.05) is 13.5 Å². The number of rotatable bonds is 3. The maximum atomic E-state index is 12.8. The largest absolute Gasteiger partial charge is 0.349 e. The molecule has 0 spiro atoms. The minimum Gasteiger partial charge on any atom is -0.349 e. The van der Waals surface area contributed by atoms with Gasteiger partial charge >= 0.3 is 0 Å². The standard InChI is InChI=1S/C22H24N2O2/c1-15(25)24-13-12-17-7-3-5-9-19(17)21(24)14-22(26)23-20-11-10-16-6-2-4-8-18(16)20/h2-9,20-21H,10-14H2,1H3,(H,23,26)/t20-,21+/m1/s1. The number of carbonyl (C=O) groups is 2. The molecule has 4 heteroatoms. The van der Waals surface area contributed by atoms with Crippen molar-refractivity contribution in [3.8, 4) is 0 Å². The fourth-order valence-corrected chi connectivity index (χ4v) is 4.38. The van der Waals surface area contributed by atoms with E-state index in [4.69, 9.17) is 0 Å². The summed E-state index contributed by atoms with van der Waals surface area (Å²) in [5.41, 5.74) is 4.91. The Morgan fingerprint density at radius 3 is 2.38 bits per heavy atom. The highest BCUT2D eigenvalue weighted by Crippen LogP contribution is 2.34. The molecule has 2 aromatic rings. The number of nitrogens with one attached hydrogen (secondary N) is 1. The lowest BCUT2D eigenvalue weighted by Crippen LogP contribution is -2.41. The molecule has 2 aliphatic rings. The summed E-state index contributed by atoms with van der Waals surface area (Å²) in [4.78, 5) is 26.7. The zero-order valence-electron chi connectivity index (χ0n) is 15.1. The van der Waals surface area contributed by atoms with Gasteiger partial charge in [-0.25, -0.2) is 0 Å². The molecular formula is C22H24N2O2. The minimum absolute atomic E-state index is 0.0136. The first-order chi connectivity index (χ1) is 12.6. The topological polar surface area (TPSA) is 49.4 Å². The fourth-order valence-electron chi connectivity index (χ4n) is 4.38. The normalized spacial score (nSPS) is 21.0. The molecule has 0 bridgehead atoms. The van der Waals surface area contributed by atoms with E-state index in [9.17, 15) is 9.59 Å². The van der Waals surface area contributed by atoms with E-state index in [1.807, 2.05) is 35.2 Å². The van der Waals surface area contributed by atoms with Crippen LogP contribution < -0.4 is 5.32 Å². The molecule has 26 heavy (non-hydrogen) atoms. The van der Waals surface area contributed by atoms with Gasteiger partial charge in [0.2, 0.25) is 11.8 Å². The van der Waals surface area contributed by atoms with Gasteiger partial charge in [-0.1, -0.05) is 48.5 Å². The SMILES string of the molecule is CC(=O)N1CCc2ccccc2[C@@H]1CC(=O)N[C@@H]1CCc2ccccc21. The number of benzene rings is 2. The van der Waals surface area contributed by atoms with Gasteiger partial charge in [0.1, 0.15) is 0 Å². The van der Waals surface area contributed by atoms with Crippen LogP contribution in [0.15, 0.2) is 48.5 Å². The van der Waals surface area contributed by atoms with Gasteiger partial charge in [-0.3, -0.25) is 9.59 Å². The summed E-state index contributed by atoms with van der Waals surface area (Å²) >= 11 is 0. The molecule has 4 nitrogen and oxygen atoms in total. The Morgan fingerprint density at radius 2 is 1.65 bits per heavy atom. The van der Waals surface area contributed by atoms with Crippen LogP contribution in [0.2, 0.25) is 0 Å². The molecule has 2 atom stereocenters. The highest BCUT2D eigenvalue weighted by Gasteiger charge is 2.32. The van der Waals surface area contributed by atoms with Gasteiger partial charge in [-0.15, -0.1) is 0 Å². The highest BCUT2D eigenvalue weighted by atomic mass is 16.2. The smallest absolute Gasteiger partial charge is 0.222 e. The molecule has 134 valence electrons. The Hall–Kier alpha value is -2.62. The molecule has 0 saturated heterocycles. The number of nitrogens with zero attached hydrogens (tertiary/aromatic N) is 1. The average Bonchev–Trinajstić information content (AvgIpc) is 3.04. The molecule has 0 fully saturated rings. The molecule has 2 aromatic carbocycles. The predicted octanol–water partition coefficient (Wildman–Crippen LogP) is 3.33. The van der Waals surface area contributed by atoms with E-state index in [1.165, 1.54) is 16.7 Å². The molecule has 1 aliphatic carbocycles. The summed E-state index contributed by atoms with van der Waals surface area (Å²) < 4.78 is 0. The Labute approximate surface area is 154 Å². The third-order valence-corrected chi connectivity index (χ3v) is 5.66. The van der Waals surface area contributed by atoms with Crippen LogP contribution in [0.5, 0.6) is 0 Å². The van der Waals surface area contributed by atoms with Crippen LogP contribution in [-0.4, -0.2) is 23.3 Å². The molecule has 4 rings (SSSR count). The van der Waals surface area contributed by atoms with Crippen LogP contribution in [-0.2, 0) is 22.4 Å². The van der Waals surface area contributed by atoms with Crippen molar-refractivity contribution in [2.45, 2.75) is 44.7 Å². The summed E-state index contributed by atoms with van der Waals surface area (Å²) in [5, 5.41) is 3.20. The fraction of sp³-hybridized carbons (Fsp3) is 0.364. The van der Waals surface area contributed by atoms with Crippen LogP contribution in [0.1, 0.15) is 54.1 Å². The van der Waals surface area contributed by atoms with Crippen molar-refractivity contribution in [1.82, 2.24) is 10.2 Å². The van der Waals surface area contributed by atoms with E-state index in [-0.39, 0.29) is 23.9 Å². The monoisotopic (exact) mass is 348 g/mol. The Kier molecular flexibility index (Phi) is 4.49. The van der Waals surface area contributed by atoms with Gasteiger partial charge in [0.25, 0.3) is 0 Å². The summed E-state index contributed by atoms with van der Waals surface area (Å²) in [6.45, 7) is 2.27. The van der Waals surface area contributed by atoms with E-state index in [2.05, 4.69) is 23.5 Å². The van der Waals surface area contributed by atoms with Crippen LogP contribution >= 0.6 is 0 Å². The molecular weight excluding hydrogens is 324 g/mol. The summed E-state index contributed by atoms with van der Waals surface area (Å²) in [6.07, 6.45) is 3.12. The van der Waals surface area contributed by atoms with Gasteiger partial charge < -0.3 is 10.2 Å². The van der Waals surface area contributed by atoms with Crippen molar-refractivity contribution >= 4 is 11.8 Å². The Balaban J connectivity index is 1.52. The number of hydrogen-bond acceptors (Lipinski definition) is 2. The van der Waals surface area contributed by atoms with Crippen molar-refractivity contribution in [1.29, 1.82) is 0 Å². The van der Waals surface area contributed by atoms with Crippen molar-refractivity contribution < 1.29 is 9.59 Å². The summed E-state index contributed by atoms with van der Waals surface area (Å²) in [7, 11) is 0.